The SMILES string of the molecule is CNOC(c1ccc2ccccc2c1)c1ccccc1/C(=N\OC)C(=O)NC. The second kappa shape index (κ2) is 9.12. The molecule has 0 aliphatic rings. The van der Waals surface area contributed by atoms with Gasteiger partial charge in [-0.05, 0) is 28.0 Å². The van der Waals surface area contributed by atoms with Crippen LogP contribution < -0.4 is 10.8 Å². The number of oxime groups is 1. The minimum atomic E-state index is -0.447. The Morgan fingerprint density at radius 1 is 0.964 bits per heavy atom. The summed E-state index contributed by atoms with van der Waals surface area (Å²) in [6, 6.07) is 21.8. The van der Waals surface area contributed by atoms with Gasteiger partial charge in [-0.3, -0.25) is 9.63 Å². The molecule has 28 heavy (non-hydrogen) atoms. The summed E-state index contributed by atoms with van der Waals surface area (Å²) in [5, 5.41) is 8.80. The third-order valence-corrected chi connectivity index (χ3v) is 4.44. The van der Waals surface area contributed by atoms with Crippen molar-refractivity contribution in [1.29, 1.82) is 0 Å². The van der Waals surface area contributed by atoms with Crippen molar-refractivity contribution in [2.24, 2.45) is 5.16 Å². The second-order valence-electron chi connectivity index (χ2n) is 6.10. The lowest BCUT2D eigenvalue weighted by molar-refractivity contribution is -0.114. The third kappa shape index (κ3) is 4.03. The molecule has 0 saturated carbocycles. The lowest BCUT2D eigenvalue weighted by Gasteiger charge is -2.21. The lowest BCUT2D eigenvalue weighted by atomic mass is 9.93. The normalized spacial score (nSPS) is 12.6. The molecule has 3 aromatic carbocycles. The summed E-state index contributed by atoms with van der Waals surface area (Å²) < 4.78 is 0. The van der Waals surface area contributed by atoms with E-state index in [1.54, 1.807) is 14.1 Å². The van der Waals surface area contributed by atoms with Crippen LogP contribution in [-0.4, -0.2) is 32.8 Å². The van der Waals surface area contributed by atoms with Crippen LogP contribution in [0.15, 0.2) is 71.9 Å². The molecule has 6 nitrogen and oxygen atoms in total. The number of fused-ring (bicyclic) bond motifs is 1. The van der Waals surface area contributed by atoms with Gasteiger partial charge in [-0.1, -0.05) is 65.8 Å². The molecule has 0 aliphatic carbocycles. The van der Waals surface area contributed by atoms with Gasteiger partial charge in [0.1, 0.15) is 13.2 Å². The first-order valence-corrected chi connectivity index (χ1v) is 8.93. The zero-order chi connectivity index (χ0) is 19.9. The van der Waals surface area contributed by atoms with Gasteiger partial charge in [-0.15, -0.1) is 0 Å². The Bertz CT molecular complexity index is 1000. The fourth-order valence-corrected chi connectivity index (χ4v) is 3.16. The van der Waals surface area contributed by atoms with Crippen LogP contribution in [0.3, 0.4) is 0 Å². The average molecular weight is 377 g/mol. The molecule has 0 heterocycles. The van der Waals surface area contributed by atoms with Crippen molar-refractivity contribution < 1.29 is 14.5 Å². The number of benzene rings is 3. The molecule has 1 atom stereocenters. The van der Waals surface area contributed by atoms with Crippen molar-refractivity contribution in [2.45, 2.75) is 6.10 Å². The van der Waals surface area contributed by atoms with Gasteiger partial charge in [0.05, 0.1) is 0 Å². The van der Waals surface area contributed by atoms with Crippen LogP contribution in [0.2, 0.25) is 0 Å². The van der Waals surface area contributed by atoms with Gasteiger partial charge >= 0.3 is 0 Å². The van der Waals surface area contributed by atoms with Crippen LogP contribution in [0, 0.1) is 0 Å². The molecule has 3 rings (SSSR count). The van der Waals surface area contributed by atoms with E-state index in [-0.39, 0.29) is 11.6 Å². The first-order chi connectivity index (χ1) is 13.7. The van der Waals surface area contributed by atoms with Crippen LogP contribution >= 0.6 is 0 Å². The van der Waals surface area contributed by atoms with E-state index in [2.05, 4.69) is 40.2 Å². The second-order valence-corrected chi connectivity index (χ2v) is 6.10. The molecule has 0 spiro atoms. The van der Waals surface area contributed by atoms with E-state index in [1.807, 2.05) is 42.5 Å². The average Bonchev–Trinajstić information content (AvgIpc) is 2.75. The highest BCUT2D eigenvalue weighted by molar-refractivity contribution is 6.45. The Labute approximate surface area is 164 Å². The van der Waals surface area contributed by atoms with Crippen molar-refractivity contribution in [1.82, 2.24) is 10.8 Å². The van der Waals surface area contributed by atoms with Crippen molar-refractivity contribution in [3.05, 3.63) is 83.4 Å². The van der Waals surface area contributed by atoms with E-state index in [0.717, 1.165) is 21.9 Å². The molecule has 0 radical (unpaired) electrons. The Morgan fingerprint density at radius 2 is 1.68 bits per heavy atom. The Balaban J connectivity index is 2.14. The maximum Gasteiger partial charge on any atom is 0.273 e. The molecule has 144 valence electrons. The first-order valence-electron chi connectivity index (χ1n) is 8.93. The lowest BCUT2D eigenvalue weighted by Crippen LogP contribution is -2.30. The summed E-state index contributed by atoms with van der Waals surface area (Å²) in [6.45, 7) is 0. The van der Waals surface area contributed by atoms with Gasteiger partial charge in [0.15, 0.2) is 5.71 Å². The number of carbonyl (C=O) groups is 1. The molecule has 0 aromatic heterocycles. The third-order valence-electron chi connectivity index (χ3n) is 4.44. The van der Waals surface area contributed by atoms with Crippen LogP contribution in [-0.2, 0) is 14.5 Å². The predicted molar refractivity (Wildman–Crippen MR) is 110 cm³/mol. The van der Waals surface area contributed by atoms with Gasteiger partial charge in [0, 0.05) is 19.7 Å². The fourth-order valence-electron chi connectivity index (χ4n) is 3.16. The molecule has 0 fully saturated rings. The number of carbonyl (C=O) groups excluding carboxylic acids is 1. The van der Waals surface area contributed by atoms with E-state index in [1.165, 1.54) is 7.11 Å². The molecule has 1 unspecified atom stereocenters. The van der Waals surface area contributed by atoms with Crippen LogP contribution in [0.25, 0.3) is 10.8 Å². The maximum absolute atomic E-state index is 12.4. The highest BCUT2D eigenvalue weighted by Gasteiger charge is 2.24. The topological polar surface area (TPSA) is 71.9 Å². The molecular weight excluding hydrogens is 354 g/mol. The van der Waals surface area contributed by atoms with Crippen molar-refractivity contribution in [3.8, 4) is 0 Å². The summed E-state index contributed by atoms with van der Waals surface area (Å²) in [5.74, 6) is -0.337. The number of likely N-dealkylation sites (N-methyl/N-ethyl adjacent to an activating group) is 1. The fraction of sp³-hybridized carbons (Fsp3) is 0.182. The summed E-state index contributed by atoms with van der Waals surface area (Å²) in [7, 11) is 4.68. The zero-order valence-electron chi connectivity index (χ0n) is 16.1. The van der Waals surface area contributed by atoms with Crippen LogP contribution in [0.5, 0.6) is 0 Å². The molecule has 2 N–H and O–H groups in total. The number of rotatable bonds is 7. The quantitative estimate of drug-likeness (QED) is 0.490. The summed E-state index contributed by atoms with van der Waals surface area (Å²) in [4.78, 5) is 23.1. The van der Waals surface area contributed by atoms with Crippen LogP contribution in [0.1, 0.15) is 22.8 Å². The summed E-state index contributed by atoms with van der Waals surface area (Å²) in [5.41, 5.74) is 5.36. The molecule has 0 aliphatic heterocycles. The standard InChI is InChI=1S/C22H23N3O3/c1-23-22(26)20(25-27-3)18-10-6-7-11-19(18)21(28-24-2)17-13-12-15-8-4-5-9-16(15)14-17/h4-14,21,24H,1-3H3,(H,23,26)/b25-20+. The predicted octanol–water partition coefficient (Wildman–Crippen LogP) is 3.18. The summed E-state index contributed by atoms with van der Waals surface area (Å²) >= 11 is 0. The number of hydrogen-bond acceptors (Lipinski definition) is 5. The van der Waals surface area contributed by atoms with Crippen LogP contribution in [0.4, 0.5) is 0 Å². The number of nitrogens with zero attached hydrogens (tertiary/aromatic N) is 1. The monoisotopic (exact) mass is 377 g/mol. The maximum atomic E-state index is 12.4. The largest absolute Gasteiger partial charge is 0.398 e. The molecule has 6 heteroatoms. The van der Waals surface area contributed by atoms with Gasteiger partial charge in [0.2, 0.25) is 0 Å². The van der Waals surface area contributed by atoms with E-state index in [0.29, 0.717) is 5.56 Å². The van der Waals surface area contributed by atoms with E-state index in [9.17, 15) is 4.79 Å². The summed E-state index contributed by atoms with van der Waals surface area (Å²) in [6.07, 6.45) is -0.447. The minimum Gasteiger partial charge on any atom is -0.398 e. The van der Waals surface area contributed by atoms with Gasteiger partial charge in [0.25, 0.3) is 5.91 Å². The Morgan fingerprint density at radius 3 is 2.39 bits per heavy atom. The van der Waals surface area contributed by atoms with Crippen molar-refractivity contribution >= 4 is 22.4 Å². The smallest absolute Gasteiger partial charge is 0.273 e. The van der Waals surface area contributed by atoms with E-state index >= 15 is 0 Å². The van der Waals surface area contributed by atoms with Crippen molar-refractivity contribution in [2.75, 3.05) is 21.2 Å². The van der Waals surface area contributed by atoms with E-state index < -0.39 is 6.10 Å². The van der Waals surface area contributed by atoms with Gasteiger partial charge in [-0.2, -0.15) is 0 Å². The van der Waals surface area contributed by atoms with Gasteiger partial charge in [-0.25, -0.2) is 5.48 Å². The molecule has 0 bridgehead atoms. The molecule has 0 saturated heterocycles. The number of hydroxylamine groups is 1. The first kappa shape index (κ1) is 19.5. The number of hydrogen-bond donors (Lipinski definition) is 2. The molecule has 1 amide bonds. The zero-order valence-corrected chi connectivity index (χ0v) is 16.1. The minimum absolute atomic E-state index is 0.186. The molecular formula is C22H23N3O3. The highest BCUT2D eigenvalue weighted by atomic mass is 16.7. The van der Waals surface area contributed by atoms with E-state index in [4.69, 9.17) is 9.68 Å². The number of nitrogens with one attached hydrogen (secondary N) is 2. The number of amides is 1. The Kier molecular flexibility index (Phi) is 6.37. The van der Waals surface area contributed by atoms with Crippen molar-refractivity contribution in [3.63, 3.8) is 0 Å². The molecule has 3 aromatic rings. The highest BCUT2D eigenvalue weighted by Crippen LogP contribution is 2.30. The Hall–Kier alpha value is -3.22. The van der Waals surface area contributed by atoms with Gasteiger partial charge < -0.3 is 10.2 Å².